The van der Waals surface area contributed by atoms with E-state index >= 15 is 0 Å². The van der Waals surface area contributed by atoms with Crippen molar-refractivity contribution < 1.29 is 24.3 Å². The number of nitro benzene ring substituents is 1. The number of amides is 1. The molecule has 0 unspecified atom stereocenters. The molecule has 0 fully saturated rings. The van der Waals surface area contributed by atoms with Crippen LogP contribution in [0, 0.1) is 15.9 Å². The number of nitrogens with zero attached hydrogens (tertiary/aromatic N) is 2. The summed E-state index contributed by atoms with van der Waals surface area (Å²) in [5, 5.41) is 28.4. The lowest BCUT2D eigenvalue weighted by Gasteiger charge is -2.21. The minimum absolute atomic E-state index is 0.152. The second kappa shape index (κ2) is 6.78. The number of carbonyl (C=O) groups excluding carboxylic acids is 1. The van der Waals surface area contributed by atoms with Crippen LogP contribution < -0.4 is 5.73 Å². The van der Waals surface area contributed by atoms with Gasteiger partial charge in [-0.15, -0.1) is 0 Å². The highest BCUT2D eigenvalue weighted by Gasteiger charge is 2.26. The second-order valence-electron chi connectivity index (χ2n) is 3.85. The van der Waals surface area contributed by atoms with Crippen LogP contribution in [0.5, 0.6) is 0 Å². The highest BCUT2D eigenvalue weighted by Crippen LogP contribution is 2.28. The van der Waals surface area contributed by atoms with Gasteiger partial charge in [-0.3, -0.25) is 14.9 Å². The first-order chi connectivity index (χ1) is 9.43. The van der Waals surface area contributed by atoms with Gasteiger partial charge >= 0.3 is 0 Å². The largest absolute Gasteiger partial charge is 0.395 e. The van der Waals surface area contributed by atoms with Gasteiger partial charge in [-0.25, -0.2) is 4.39 Å². The Morgan fingerprint density at radius 1 is 1.35 bits per heavy atom. The Kier molecular flexibility index (Phi) is 5.35. The van der Waals surface area contributed by atoms with E-state index in [1.165, 1.54) is 0 Å². The minimum atomic E-state index is -1.00. The quantitative estimate of drug-likeness (QED) is 0.375. The van der Waals surface area contributed by atoms with Gasteiger partial charge in [0, 0.05) is 19.2 Å². The molecule has 0 aliphatic rings. The van der Waals surface area contributed by atoms with Gasteiger partial charge in [0.15, 0.2) is 0 Å². The number of benzene rings is 1. The molecule has 0 spiro atoms. The van der Waals surface area contributed by atoms with E-state index in [4.69, 9.17) is 15.9 Å². The van der Waals surface area contributed by atoms with Gasteiger partial charge in [-0.1, -0.05) is 0 Å². The maximum Gasteiger partial charge on any atom is 0.293 e. The summed E-state index contributed by atoms with van der Waals surface area (Å²) in [5.74, 6) is -1.93. The summed E-state index contributed by atoms with van der Waals surface area (Å²) in [6.45, 7) is -1.10. The summed E-state index contributed by atoms with van der Waals surface area (Å²) in [6.07, 6.45) is 0. The van der Waals surface area contributed by atoms with E-state index in [9.17, 15) is 19.3 Å². The molecule has 8 nitrogen and oxygen atoms in total. The number of nitrogen functional groups attached to an aromatic ring is 1. The first-order valence-corrected chi connectivity index (χ1v) is 5.67. The van der Waals surface area contributed by atoms with E-state index in [1.807, 2.05) is 0 Å². The van der Waals surface area contributed by atoms with E-state index < -0.39 is 46.8 Å². The van der Waals surface area contributed by atoms with Crippen molar-refractivity contribution in [2.45, 2.75) is 0 Å². The van der Waals surface area contributed by atoms with Gasteiger partial charge in [0.1, 0.15) is 17.1 Å². The molecular weight excluding hydrogens is 273 g/mol. The fourth-order valence-electron chi connectivity index (χ4n) is 1.67. The fourth-order valence-corrected chi connectivity index (χ4v) is 1.67. The van der Waals surface area contributed by atoms with Gasteiger partial charge < -0.3 is 20.8 Å². The van der Waals surface area contributed by atoms with Crippen LogP contribution in [0.1, 0.15) is 10.4 Å². The lowest BCUT2D eigenvalue weighted by atomic mass is 10.1. The van der Waals surface area contributed by atoms with Crippen LogP contribution in [-0.4, -0.2) is 52.2 Å². The van der Waals surface area contributed by atoms with Crippen molar-refractivity contribution in [3.8, 4) is 0 Å². The van der Waals surface area contributed by atoms with E-state index in [0.717, 1.165) is 17.0 Å². The predicted octanol–water partition coefficient (Wildman–Crippen LogP) is -0.257. The minimum Gasteiger partial charge on any atom is -0.395 e. The molecule has 0 aliphatic carbocycles. The van der Waals surface area contributed by atoms with Crippen LogP contribution in [0.2, 0.25) is 0 Å². The third-order valence-electron chi connectivity index (χ3n) is 2.61. The molecule has 4 N–H and O–H groups in total. The first kappa shape index (κ1) is 15.8. The van der Waals surface area contributed by atoms with Gasteiger partial charge in [-0.05, 0) is 6.07 Å². The Balaban J connectivity index is 3.26. The maximum atomic E-state index is 13.7. The third-order valence-corrected chi connectivity index (χ3v) is 2.61. The van der Waals surface area contributed by atoms with Gasteiger partial charge in [-0.2, -0.15) is 0 Å². The van der Waals surface area contributed by atoms with Crippen molar-refractivity contribution in [1.29, 1.82) is 0 Å². The highest BCUT2D eigenvalue weighted by atomic mass is 19.1. The Hall–Kier alpha value is -2.26. The molecule has 0 bridgehead atoms. The van der Waals surface area contributed by atoms with Crippen molar-refractivity contribution in [2.75, 3.05) is 32.0 Å². The lowest BCUT2D eigenvalue weighted by Crippen LogP contribution is -2.36. The number of nitro groups is 1. The highest BCUT2D eigenvalue weighted by molar-refractivity contribution is 6.01. The Bertz CT molecular complexity index is 517. The van der Waals surface area contributed by atoms with Crippen LogP contribution in [-0.2, 0) is 0 Å². The topological polar surface area (TPSA) is 130 Å². The van der Waals surface area contributed by atoms with Crippen LogP contribution in [0.4, 0.5) is 15.8 Å². The summed E-state index contributed by atoms with van der Waals surface area (Å²) in [7, 11) is 0. The number of nitrogens with two attached hydrogens (primary N) is 1. The Morgan fingerprint density at radius 3 is 2.35 bits per heavy atom. The molecule has 0 aliphatic heterocycles. The summed E-state index contributed by atoms with van der Waals surface area (Å²) in [4.78, 5) is 23.0. The first-order valence-electron chi connectivity index (χ1n) is 5.67. The van der Waals surface area contributed by atoms with E-state index in [0.29, 0.717) is 0 Å². The molecule has 1 rings (SSSR count). The smallest absolute Gasteiger partial charge is 0.293 e. The number of aliphatic hydroxyl groups excluding tert-OH is 2. The molecule has 0 heterocycles. The fraction of sp³-hybridized carbons (Fsp3) is 0.364. The Labute approximate surface area is 113 Å². The predicted molar refractivity (Wildman–Crippen MR) is 67.5 cm³/mol. The second-order valence-corrected chi connectivity index (χ2v) is 3.85. The van der Waals surface area contributed by atoms with Crippen LogP contribution in [0.3, 0.4) is 0 Å². The van der Waals surface area contributed by atoms with Gasteiger partial charge in [0.25, 0.3) is 11.6 Å². The maximum absolute atomic E-state index is 13.7. The average Bonchev–Trinajstić information content (AvgIpc) is 2.37. The summed E-state index contributed by atoms with van der Waals surface area (Å²) in [6, 6.07) is 1.64. The molecule has 1 amide bonds. The van der Waals surface area contributed by atoms with Crippen LogP contribution in [0.15, 0.2) is 12.1 Å². The van der Waals surface area contributed by atoms with Crippen molar-refractivity contribution in [3.63, 3.8) is 0 Å². The van der Waals surface area contributed by atoms with E-state index in [-0.39, 0.29) is 13.1 Å². The standard InChI is InChI=1S/C11H14FN3O5/c12-7-1-2-8(15(19)20)10(13)9(7)11(18)14(3-5-16)4-6-17/h1-2,16-17H,3-6,13H2. The molecule has 20 heavy (non-hydrogen) atoms. The molecule has 9 heteroatoms. The number of hydrogen-bond acceptors (Lipinski definition) is 6. The van der Waals surface area contributed by atoms with Crippen LogP contribution in [0.25, 0.3) is 0 Å². The molecule has 0 saturated carbocycles. The third kappa shape index (κ3) is 3.19. The zero-order valence-corrected chi connectivity index (χ0v) is 10.5. The van der Waals surface area contributed by atoms with Crippen molar-refractivity contribution in [1.82, 2.24) is 4.90 Å². The summed E-state index contributed by atoms with van der Waals surface area (Å²) >= 11 is 0. The summed E-state index contributed by atoms with van der Waals surface area (Å²) in [5.41, 5.74) is 3.66. The molecule has 0 atom stereocenters. The van der Waals surface area contributed by atoms with E-state index in [1.54, 1.807) is 0 Å². The zero-order valence-electron chi connectivity index (χ0n) is 10.5. The SMILES string of the molecule is Nc1c([N+](=O)[O-])ccc(F)c1C(=O)N(CCO)CCO. The van der Waals surface area contributed by atoms with Gasteiger partial charge in [0.05, 0.1) is 18.1 Å². The number of halogens is 1. The lowest BCUT2D eigenvalue weighted by molar-refractivity contribution is -0.384. The molecule has 1 aromatic carbocycles. The molecule has 110 valence electrons. The Morgan fingerprint density at radius 2 is 1.90 bits per heavy atom. The number of anilines is 1. The van der Waals surface area contributed by atoms with Crippen molar-refractivity contribution >= 4 is 17.3 Å². The number of rotatable bonds is 6. The average molecular weight is 287 g/mol. The number of carbonyl (C=O) groups is 1. The van der Waals surface area contributed by atoms with E-state index in [2.05, 4.69) is 0 Å². The molecule has 0 saturated heterocycles. The van der Waals surface area contributed by atoms with Gasteiger partial charge in [0.2, 0.25) is 0 Å². The molecule has 0 aromatic heterocycles. The monoisotopic (exact) mass is 287 g/mol. The number of aliphatic hydroxyl groups is 2. The molecule has 0 radical (unpaired) electrons. The zero-order chi connectivity index (χ0) is 15.3. The molecule has 1 aromatic rings. The van der Waals surface area contributed by atoms with Crippen LogP contribution >= 0.6 is 0 Å². The number of hydrogen-bond donors (Lipinski definition) is 3. The normalized spacial score (nSPS) is 10.3. The van der Waals surface area contributed by atoms with Crippen molar-refractivity contribution in [2.24, 2.45) is 0 Å². The van der Waals surface area contributed by atoms with Crippen molar-refractivity contribution in [3.05, 3.63) is 33.6 Å². The molecular formula is C11H14FN3O5. The summed E-state index contributed by atoms with van der Waals surface area (Å²) < 4.78 is 13.7.